The quantitative estimate of drug-likeness (QED) is 0.772. The maximum atomic E-state index is 12.5. The van der Waals surface area contributed by atoms with Crippen molar-refractivity contribution in [2.24, 2.45) is 0 Å². The molecular formula is C16H20N4O4. The van der Waals surface area contributed by atoms with Gasteiger partial charge in [-0.1, -0.05) is 5.16 Å². The summed E-state index contributed by atoms with van der Waals surface area (Å²) in [5.74, 6) is 0.941. The monoisotopic (exact) mass is 332 g/mol. The Morgan fingerprint density at radius 2 is 1.92 bits per heavy atom. The Hall–Kier alpha value is -2.38. The molecule has 0 N–H and O–H groups in total. The van der Waals surface area contributed by atoms with E-state index in [4.69, 9.17) is 4.52 Å². The molecule has 2 aliphatic heterocycles. The van der Waals surface area contributed by atoms with E-state index in [1.807, 2.05) is 0 Å². The van der Waals surface area contributed by atoms with Crippen molar-refractivity contribution in [3.63, 3.8) is 0 Å². The third-order valence-electron chi connectivity index (χ3n) is 5.13. The van der Waals surface area contributed by atoms with E-state index in [2.05, 4.69) is 5.16 Å². The molecule has 1 aliphatic carbocycles. The average Bonchev–Trinajstić information content (AvgIpc) is 3.28. The van der Waals surface area contributed by atoms with Crippen LogP contribution in [0.15, 0.2) is 10.6 Å². The molecule has 0 atom stereocenters. The number of urea groups is 1. The summed E-state index contributed by atoms with van der Waals surface area (Å²) in [5.41, 5.74) is 0.363. The van der Waals surface area contributed by atoms with Crippen LogP contribution < -0.4 is 0 Å². The number of rotatable bonds is 3. The van der Waals surface area contributed by atoms with Crippen molar-refractivity contribution in [1.82, 2.24) is 19.9 Å². The van der Waals surface area contributed by atoms with Gasteiger partial charge < -0.3 is 14.3 Å². The van der Waals surface area contributed by atoms with E-state index in [0.29, 0.717) is 37.5 Å². The molecule has 3 aliphatic rings. The van der Waals surface area contributed by atoms with Crippen LogP contribution in [-0.4, -0.2) is 70.4 Å². The van der Waals surface area contributed by atoms with Gasteiger partial charge in [0.25, 0.3) is 5.91 Å². The zero-order valence-corrected chi connectivity index (χ0v) is 13.6. The predicted molar refractivity (Wildman–Crippen MR) is 82.3 cm³/mol. The summed E-state index contributed by atoms with van der Waals surface area (Å²) in [6.07, 6.45) is 3.55. The molecule has 24 heavy (non-hydrogen) atoms. The lowest BCUT2D eigenvalue weighted by Gasteiger charge is -2.35. The van der Waals surface area contributed by atoms with Crippen molar-refractivity contribution in [2.45, 2.75) is 37.6 Å². The second kappa shape index (κ2) is 5.61. The number of imide groups is 1. The van der Waals surface area contributed by atoms with Gasteiger partial charge in [0.2, 0.25) is 5.91 Å². The zero-order valence-electron chi connectivity index (χ0n) is 13.6. The molecule has 0 bridgehead atoms. The molecule has 1 aromatic rings. The number of aromatic nitrogens is 1. The van der Waals surface area contributed by atoms with E-state index in [1.165, 1.54) is 7.05 Å². The van der Waals surface area contributed by atoms with E-state index in [0.717, 1.165) is 23.5 Å². The summed E-state index contributed by atoms with van der Waals surface area (Å²) in [7, 11) is 1.51. The minimum absolute atomic E-state index is 0.00906. The van der Waals surface area contributed by atoms with Crippen LogP contribution in [0, 0.1) is 0 Å². The van der Waals surface area contributed by atoms with Gasteiger partial charge in [-0.3, -0.25) is 14.5 Å². The first-order chi connectivity index (χ1) is 11.5. The highest BCUT2D eigenvalue weighted by Gasteiger charge is 2.39. The van der Waals surface area contributed by atoms with Crippen molar-refractivity contribution in [3.05, 3.63) is 17.5 Å². The third kappa shape index (κ3) is 2.55. The summed E-state index contributed by atoms with van der Waals surface area (Å²) in [4.78, 5) is 40.7. The van der Waals surface area contributed by atoms with Gasteiger partial charge in [0.1, 0.15) is 12.3 Å². The Morgan fingerprint density at radius 3 is 2.50 bits per heavy atom. The number of likely N-dealkylation sites (tertiary alicyclic amines) is 1. The number of piperidine rings is 1. The van der Waals surface area contributed by atoms with Gasteiger partial charge in [-0.15, -0.1) is 0 Å². The molecule has 4 rings (SSSR count). The number of carbonyl (C=O) groups excluding carboxylic acids is 3. The average molecular weight is 332 g/mol. The maximum Gasteiger partial charge on any atom is 0.327 e. The van der Waals surface area contributed by atoms with Crippen molar-refractivity contribution < 1.29 is 18.9 Å². The van der Waals surface area contributed by atoms with E-state index < -0.39 is 0 Å². The smallest absolute Gasteiger partial charge is 0.327 e. The van der Waals surface area contributed by atoms with Crippen LogP contribution in [0.5, 0.6) is 0 Å². The fourth-order valence-corrected chi connectivity index (χ4v) is 3.40. The highest BCUT2D eigenvalue weighted by Crippen LogP contribution is 2.40. The van der Waals surface area contributed by atoms with Crippen LogP contribution >= 0.6 is 0 Å². The fourth-order valence-electron chi connectivity index (χ4n) is 3.40. The van der Waals surface area contributed by atoms with Gasteiger partial charge in [0, 0.05) is 38.2 Å². The Labute approximate surface area is 139 Å². The van der Waals surface area contributed by atoms with Gasteiger partial charge in [-0.05, 0) is 25.7 Å². The largest absolute Gasteiger partial charge is 0.360 e. The number of carbonyl (C=O) groups is 3. The molecular weight excluding hydrogens is 312 g/mol. The van der Waals surface area contributed by atoms with Crippen molar-refractivity contribution in [1.29, 1.82) is 0 Å². The summed E-state index contributed by atoms with van der Waals surface area (Å²) >= 11 is 0. The summed E-state index contributed by atoms with van der Waals surface area (Å²) < 4.78 is 5.25. The van der Waals surface area contributed by atoms with Gasteiger partial charge in [0.05, 0.1) is 0 Å². The first kappa shape index (κ1) is 15.2. The zero-order chi connectivity index (χ0) is 16.8. The Balaban J connectivity index is 1.36. The van der Waals surface area contributed by atoms with E-state index in [-0.39, 0.29) is 30.4 Å². The number of likely N-dealkylation sites (N-methyl/N-ethyl adjacent to an activating group) is 1. The number of hydrogen-bond donors (Lipinski definition) is 0. The lowest BCUT2D eigenvalue weighted by Crippen LogP contribution is -2.47. The van der Waals surface area contributed by atoms with E-state index in [1.54, 1.807) is 15.9 Å². The lowest BCUT2D eigenvalue weighted by molar-refractivity contribution is -0.124. The molecule has 1 aromatic heterocycles. The molecule has 8 nitrogen and oxygen atoms in total. The van der Waals surface area contributed by atoms with Crippen molar-refractivity contribution >= 4 is 17.8 Å². The van der Waals surface area contributed by atoms with Crippen LogP contribution in [0.1, 0.15) is 47.8 Å². The molecule has 3 fully saturated rings. The van der Waals surface area contributed by atoms with Crippen LogP contribution in [0.4, 0.5) is 4.79 Å². The topological polar surface area (TPSA) is 87.0 Å². The molecule has 128 valence electrons. The summed E-state index contributed by atoms with van der Waals surface area (Å²) in [6, 6.07) is 1.52. The van der Waals surface area contributed by atoms with Gasteiger partial charge in [-0.2, -0.15) is 0 Å². The molecule has 0 spiro atoms. The predicted octanol–water partition coefficient (Wildman–Crippen LogP) is 1.05. The molecule has 4 amide bonds. The van der Waals surface area contributed by atoms with Crippen LogP contribution in [-0.2, 0) is 4.79 Å². The molecule has 0 aromatic carbocycles. The standard InChI is InChI=1S/C16H20N4O4/c1-18-14(21)9-20(16(18)23)11-4-6-19(7-5-11)15(22)12-8-13(24-17-12)10-2-3-10/h8,10-11H,2-7,9H2,1H3. The number of amides is 4. The summed E-state index contributed by atoms with van der Waals surface area (Å²) in [5, 5.41) is 3.90. The van der Waals surface area contributed by atoms with Gasteiger partial charge in [0.15, 0.2) is 5.69 Å². The van der Waals surface area contributed by atoms with Crippen molar-refractivity contribution in [2.75, 3.05) is 26.7 Å². The van der Waals surface area contributed by atoms with Crippen molar-refractivity contribution in [3.8, 4) is 0 Å². The maximum absolute atomic E-state index is 12.5. The fraction of sp³-hybridized carbons (Fsp3) is 0.625. The summed E-state index contributed by atoms with van der Waals surface area (Å²) in [6.45, 7) is 1.25. The van der Waals surface area contributed by atoms with E-state index in [9.17, 15) is 14.4 Å². The molecule has 2 saturated heterocycles. The second-order valence-corrected chi connectivity index (χ2v) is 6.78. The third-order valence-corrected chi connectivity index (χ3v) is 5.13. The Morgan fingerprint density at radius 1 is 1.21 bits per heavy atom. The lowest BCUT2D eigenvalue weighted by atomic mass is 10.0. The van der Waals surface area contributed by atoms with E-state index >= 15 is 0 Å². The Kier molecular flexibility index (Phi) is 3.54. The molecule has 3 heterocycles. The first-order valence-corrected chi connectivity index (χ1v) is 8.37. The Bertz CT molecular complexity index is 688. The van der Waals surface area contributed by atoms with Crippen LogP contribution in [0.3, 0.4) is 0 Å². The number of hydrogen-bond acceptors (Lipinski definition) is 5. The number of nitrogens with zero attached hydrogens (tertiary/aromatic N) is 4. The highest BCUT2D eigenvalue weighted by atomic mass is 16.5. The SMILES string of the molecule is CN1C(=O)CN(C2CCN(C(=O)c3cc(C4CC4)on3)CC2)C1=O. The molecule has 1 saturated carbocycles. The first-order valence-electron chi connectivity index (χ1n) is 8.37. The van der Waals surface area contributed by atoms with Crippen LogP contribution in [0.2, 0.25) is 0 Å². The second-order valence-electron chi connectivity index (χ2n) is 6.78. The molecule has 8 heteroatoms. The van der Waals surface area contributed by atoms with Gasteiger partial charge in [-0.25, -0.2) is 4.79 Å². The minimum atomic E-state index is -0.240. The molecule has 0 unspecified atom stereocenters. The van der Waals surface area contributed by atoms with Gasteiger partial charge >= 0.3 is 6.03 Å². The molecule has 0 radical (unpaired) electrons. The van der Waals surface area contributed by atoms with Crippen LogP contribution in [0.25, 0.3) is 0 Å². The highest BCUT2D eigenvalue weighted by molar-refractivity contribution is 6.01. The normalized spacial score (nSPS) is 22.6. The minimum Gasteiger partial charge on any atom is -0.360 e.